The predicted molar refractivity (Wildman–Crippen MR) is 108 cm³/mol. The number of hydrogen-bond acceptors (Lipinski definition) is 4. The van der Waals surface area contributed by atoms with Crippen LogP contribution in [-0.2, 0) is 12.0 Å². The molecule has 0 atom stereocenters. The van der Waals surface area contributed by atoms with Gasteiger partial charge in [0.05, 0.1) is 0 Å². The summed E-state index contributed by atoms with van der Waals surface area (Å²) in [5, 5.41) is 2.69. The van der Waals surface area contributed by atoms with E-state index in [0.717, 1.165) is 10.2 Å². The highest BCUT2D eigenvalue weighted by molar-refractivity contribution is 9.10. The third-order valence-corrected chi connectivity index (χ3v) is 4.42. The Morgan fingerprint density at radius 1 is 1.11 bits per heavy atom. The van der Waals surface area contributed by atoms with Crippen molar-refractivity contribution in [3.05, 3.63) is 76.3 Å². The van der Waals surface area contributed by atoms with Gasteiger partial charge in [0.15, 0.2) is 5.76 Å². The predicted octanol–water partition coefficient (Wildman–Crippen LogP) is 5.57. The number of nitrogens with zero attached hydrogens (tertiary/aromatic N) is 1. The van der Waals surface area contributed by atoms with Gasteiger partial charge < -0.3 is 14.5 Å². The summed E-state index contributed by atoms with van der Waals surface area (Å²) >= 11 is 3.30. The molecule has 0 spiro atoms. The number of pyridine rings is 1. The molecule has 6 heteroatoms. The van der Waals surface area contributed by atoms with Crippen LogP contribution in [0.3, 0.4) is 0 Å². The van der Waals surface area contributed by atoms with E-state index >= 15 is 0 Å². The molecule has 2 aromatic heterocycles. The SMILES string of the molecule is CC(C)(C)c1ccc(OCc2ccc(C(=O)Nc3ccc(Br)cn3)o2)cc1. The summed E-state index contributed by atoms with van der Waals surface area (Å²) in [6.45, 7) is 6.75. The van der Waals surface area contributed by atoms with E-state index in [9.17, 15) is 4.79 Å². The minimum Gasteiger partial charge on any atom is -0.486 e. The molecule has 2 heterocycles. The molecule has 0 fully saturated rings. The number of ether oxygens (including phenoxy) is 1. The fourth-order valence-electron chi connectivity index (χ4n) is 2.41. The second-order valence-electron chi connectivity index (χ2n) is 7.14. The number of carbonyl (C=O) groups is 1. The summed E-state index contributed by atoms with van der Waals surface area (Å²) in [7, 11) is 0. The Hall–Kier alpha value is -2.60. The van der Waals surface area contributed by atoms with Crippen LogP contribution in [0, 0.1) is 0 Å². The molecule has 1 amide bonds. The van der Waals surface area contributed by atoms with E-state index in [0.29, 0.717) is 11.6 Å². The number of aromatic nitrogens is 1. The standard InChI is InChI=1S/C21H21BrN2O3/c1-21(2,3)14-4-7-16(8-5-14)26-13-17-9-10-18(27-17)20(25)24-19-11-6-15(22)12-23-19/h4-12H,13H2,1-3H3,(H,23,24,25). The lowest BCUT2D eigenvalue weighted by molar-refractivity contribution is 0.0992. The number of anilines is 1. The average molecular weight is 429 g/mol. The van der Waals surface area contributed by atoms with Crippen molar-refractivity contribution in [2.75, 3.05) is 5.32 Å². The zero-order valence-corrected chi connectivity index (χ0v) is 17.0. The molecule has 3 aromatic rings. The molecule has 5 nitrogen and oxygen atoms in total. The molecule has 0 aliphatic carbocycles. The zero-order valence-electron chi connectivity index (χ0n) is 15.5. The van der Waals surface area contributed by atoms with Gasteiger partial charge in [0.1, 0.15) is 23.9 Å². The second-order valence-corrected chi connectivity index (χ2v) is 8.06. The first-order chi connectivity index (χ1) is 12.8. The number of hydrogen-bond donors (Lipinski definition) is 1. The fourth-order valence-corrected chi connectivity index (χ4v) is 2.65. The van der Waals surface area contributed by atoms with Crippen molar-refractivity contribution in [3.8, 4) is 5.75 Å². The quantitative estimate of drug-likeness (QED) is 0.576. The largest absolute Gasteiger partial charge is 0.486 e. The van der Waals surface area contributed by atoms with Crippen molar-refractivity contribution in [1.82, 2.24) is 4.98 Å². The molecule has 0 radical (unpaired) electrons. The monoisotopic (exact) mass is 428 g/mol. The average Bonchev–Trinajstić information content (AvgIpc) is 3.11. The Labute approximate surface area is 166 Å². The van der Waals surface area contributed by atoms with E-state index < -0.39 is 0 Å². The molecule has 0 unspecified atom stereocenters. The van der Waals surface area contributed by atoms with Crippen LogP contribution < -0.4 is 10.1 Å². The number of benzene rings is 1. The summed E-state index contributed by atoms with van der Waals surface area (Å²) in [5.74, 6) is 1.64. The van der Waals surface area contributed by atoms with Crippen LogP contribution in [0.2, 0.25) is 0 Å². The molecule has 0 saturated carbocycles. The minimum atomic E-state index is -0.356. The van der Waals surface area contributed by atoms with Crippen LogP contribution in [-0.4, -0.2) is 10.9 Å². The number of nitrogens with one attached hydrogen (secondary N) is 1. The molecule has 3 rings (SSSR count). The number of amides is 1. The first kappa shape index (κ1) is 19.2. The lowest BCUT2D eigenvalue weighted by atomic mass is 9.87. The topological polar surface area (TPSA) is 64.4 Å². The lowest BCUT2D eigenvalue weighted by Crippen LogP contribution is -2.11. The number of carbonyl (C=O) groups excluding carboxylic acids is 1. The molecular formula is C21H21BrN2O3. The highest BCUT2D eigenvalue weighted by Crippen LogP contribution is 2.24. The Morgan fingerprint density at radius 3 is 2.48 bits per heavy atom. The number of halogens is 1. The van der Waals surface area contributed by atoms with E-state index in [1.807, 2.05) is 12.1 Å². The maximum Gasteiger partial charge on any atom is 0.292 e. The Balaban J connectivity index is 1.57. The van der Waals surface area contributed by atoms with Gasteiger partial charge >= 0.3 is 0 Å². The van der Waals surface area contributed by atoms with Crippen LogP contribution in [0.4, 0.5) is 5.82 Å². The summed E-state index contributed by atoms with van der Waals surface area (Å²) in [6.07, 6.45) is 1.61. The van der Waals surface area contributed by atoms with Crippen molar-refractivity contribution in [3.63, 3.8) is 0 Å². The van der Waals surface area contributed by atoms with Crippen LogP contribution in [0.15, 0.2) is 63.6 Å². The third kappa shape index (κ3) is 5.20. The third-order valence-electron chi connectivity index (χ3n) is 3.96. The molecule has 1 aromatic carbocycles. The summed E-state index contributed by atoms with van der Waals surface area (Å²) < 4.78 is 12.1. The number of rotatable bonds is 5. The molecule has 0 aliphatic rings. The first-order valence-corrected chi connectivity index (χ1v) is 9.35. The van der Waals surface area contributed by atoms with E-state index in [-0.39, 0.29) is 23.7 Å². The highest BCUT2D eigenvalue weighted by atomic mass is 79.9. The normalized spacial score (nSPS) is 11.3. The van der Waals surface area contributed by atoms with Crippen LogP contribution in [0.1, 0.15) is 42.6 Å². The molecule has 0 saturated heterocycles. The van der Waals surface area contributed by atoms with Gasteiger partial charge in [-0.25, -0.2) is 4.98 Å². The van der Waals surface area contributed by atoms with Gasteiger partial charge in [-0.3, -0.25) is 4.79 Å². The van der Waals surface area contributed by atoms with Crippen molar-refractivity contribution in [1.29, 1.82) is 0 Å². The Kier molecular flexibility index (Phi) is 5.65. The molecule has 140 valence electrons. The molecule has 1 N–H and O–H groups in total. The van der Waals surface area contributed by atoms with Gasteiger partial charge in [-0.05, 0) is 63.3 Å². The molecule has 0 bridgehead atoms. The van der Waals surface area contributed by atoms with Crippen molar-refractivity contribution in [2.45, 2.75) is 32.8 Å². The van der Waals surface area contributed by atoms with Gasteiger partial charge in [0.25, 0.3) is 5.91 Å². The number of furan rings is 1. The molecule has 0 aliphatic heterocycles. The van der Waals surface area contributed by atoms with Crippen molar-refractivity contribution >= 4 is 27.7 Å². The van der Waals surface area contributed by atoms with Gasteiger partial charge in [-0.1, -0.05) is 32.9 Å². The van der Waals surface area contributed by atoms with Crippen molar-refractivity contribution in [2.24, 2.45) is 0 Å². The summed E-state index contributed by atoms with van der Waals surface area (Å²) in [5.41, 5.74) is 1.35. The molecular weight excluding hydrogens is 408 g/mol. The van der Waals surface area contributed by atoms with E-state index in [1.165, 1.54) is 5.56 Å². The summed E-state index contributed by atoms with van der Waals surface area (Å²) in [4.78, 5) is 16.3. The maximum atomic E-state index is 12.2. The van der Waals surface area contributed by atoms with Crippen LogP contribution in [0.25, 0.3) is 0 Å². The van der Waals surface area contributed by atoms with Crippen LogP contribution >= 0.6 is 15.9 Å². The Morgan fingerprint density at radius 2 is 1.85 bits per heavy atom. The minimum absolute atomic E-state index is 0.103. The van der Waals surface area contributed by atoms with Gasteiger partial charge in [0.2, 0.25) is 0 Å². The van der Waals surface area contributed by atoms with E-state index in [1.54, 1.807) is 30.5 Å². The smallest absolute Gasteiger partial charge is 0.292 e. The lowest BCUT2D eigenvalue weighted by Gasteiger charge is -2.19. The molecule has 27 heavy (non-hydrogen) atoms. The zero-order chi connectivity index (χ0) is 19.4. The van der Waals surface area contributed by atoms with E-state index in [4.69, 9.17) is 9.15 Å². The van der Waals surface area contributed by atoms with E-state index in [2.05, 4.69) is 59.1 Å². The maximum absolute atomic E-state index is 12.2. The van der Waals surface area contributed by atoms with Gasteiger partial charge in [0, 0.05) is 10.7 Å². The van der Waals surface area contributed by atoms with Crippen molar-refractivity contribution < 1.29 is 13.9 Å². The summed E-state index contributed by atoms with van der Waals surface area (Å²) in [6, 6.07) is 14.9. The van der Waals surface area contributed by atoms with Crippen LogP contribution in [0.5, 0.6) is 5.75 Å². The highest BCUT2D eigenvalue weighted by Gasteiger charge is 2.14. The second kappa shape index (κ2) is 7.96. The Bertz CT molecular complexity index is 910. The van der Waals surface area contributed by atoms with Gasteiger partial charge in [-0.2, -0.15) is 0 Å². The fraction of sp³-hybridized carbons (Fsp3) is 0.238. The van der Waals surface area contributed by atoms with Gasteiger partial charge in [-0.15, -0.1) is 0 Å². The first-order valence-electron chi connectivity index (χ1n) is 8.56.